The lowest BCUT2D eigenvalue weighted by Crippen LogP contribution is -2.38. The quantitative estimate of drug-likeness (QED) is 0.843. The molecule has 2 N–H and O–H groups in total. The van der Waals surface area contributed by atoms with Gasteiger partial charge in [-0.15, -0.1) is 0 Å². The highest BCUT2D eigenvalue weighted by atomic mass is 16.5. The number of hydrogen-bond donors (Lipinski definition) is 1. The van der Waals surface area contributed by atoms with Gasteiger partial charge in [-0.2, -0.15) is 0 Å². The van der Waals surface area contributed by atoms with Crippen molar-refractivity contribution in [3.05, 3.63) is 18.2 Å². The monoisotopic (exact) mass is 262 g/mol. The molecule has 0 spiro atoms. The molecular weight excluding hydrogens is 236 g/mol. The molecule has 0 aromatic heterocycles. The van der Waals surface area contributed by atoms with E-state index in [-0.39, 0.29) is 0 Å². The smallest absolute Gasteiger partial charge is 0.144 e. The van der Waals surface area contributed by atoms with E-state index in [0.29, 0.717) is 0 Å². The van der Waals surface area contributed by atoms with Gasteiger partial charge in [0.2, 0.25) is 0 Å². The molecule has 0 saturated carbocycles. The van der Waals surface area contributed by atoms with Gasteiger partial charge in [0.15, 0.2) is 0 Å². The summed E-state index contributed by atoms with van der Waals surface area (Å²) in [7, 11) is 0. The van der Waals surface area contributed by atoms with Gasteiger partial charge in [0.25, 0.3) is 0 Å². The Morgan fingerprint density at radius 2 is 1.95 bits per heavy atom. The Hall–Kier alpha value is -1.38. The molecule has 19 heavy (non-hydrogen) atoms. The molecule has 0 radical (unpaired) electrons. The average molecular weight is 262 g/mol. The van der Waals surface area contributed by atoms with Crippen LogP contribution in [0, 0.1) is 11.8 Å². The number of nitrogen functional groups attached to an aromatic ring is 1. The van der Waals surface area contributed by atoms with Crippen LogP contribution in [0.3, 0.4) is 0 Å². The van der Waals surface area contributed by atoms with Crippen molar-refractivity contribution in [2.24, 2.45) is 11.8 Å². The second-order valence-corrected chi connectivity index (χ2v) is 5.92. The van der Waals surface area contributed by atoms with E-state index in [9.17, 15) is 0 Å². The normalized spacial score (nSPS) is 23.4. The SMILES string of the molecule is CCCOc1cc(N2CC(C)CC(C)C2)ccc1N. The third-order valence-corrected chi connectivity index (χ3v) is 3.69. The van der Waals surface area contributed by atoms with Gasteiger partial charge in [0.05, 0.1) is 12.3 Å². The van der Waals surface area contributed by atoms with Crippen molar-refractivity contribution in [2.75, 3.05) is 30.3 Å². The first-order valence-electron chi connectivity index (χ1n) is 7.37. The summed E-state index contributed by atoms with van der Waals surface area (Å²) in [5.41, 5.74) is 7.94. The first kappa shape index (κ1) is 14.0. The first-order chi connectivity index (χ1) is 9.10. The Morgan fingerprint density at radius 1 is 1.26 bits per heavy atom. The van der Waals surface area contributed by atoms with Crippen molar-refractivity contribution in [3.63, 3.8) is 0 Å². The van der Waals surface area contributed by atoms with Crippen LogP contribution in [0.5, 0.6) is 5.75 Å². The fourth-order valence-corrected chi connectivity index (χ4v) is 2.93. The number of anilines is 2. The summed E-state index contributed by atoms with van der Waals surface area (Å²) in [6, 6.07) is 6.17. The molecule has 1 aliphatic rings. The number of rotatable bonds is 4. The van der Waals surface area contributed by atoms with Gasteiger partial charge >= 0.3 is 0 Å². The zero-order chi connectivity index (χ0) is 13.8. The lowest BCUT2D eigenvalue weighted by atomic mass is 9.91. The molecule has 1 aromatic carbocycles. The first-order valence-corrected chi connectivity index (χ1v) is 7.37. The van der Waals surface area contributed by atoms with Crippen molar-refractivity contribution in [2.45, 2.75) is 33.6 Å². The predicted octanol–water partition coefficient (Wildman–Crippen LogP) is 3.54. The number of hydrogen-bond acceptors (Lipinski definition) is 3. The summed E-state index contributed by atoms with van der Waals surface area (Å²) in [6.45, 7) is 9.74. The highest BCUT2D eigenvalue weighted by Crippen LogP contribution is 2.31. The molecule has 1 aliphatic heterocycles. The minimum atomic E-state index is 0.723. The van der Waals surface area contributed by atoms with Crippen molar-refractivity contribution in [3.8, 4) is 5.75 Å². The van der Waals surface area contributed by atoms with Crippen molar-refractivity contribution >= 4 is 11.4 Å². The van der Waals surface area contributed by atoms with Crippen LogP contribution >= 0.6 is 0 Å². The summed E-state index contributed by atoms with van der Waals surface area (Å²) in [5, 5.41) is 0. The maximum Gasteiger partial charge on any atom is 0.144 e. The Kier molecular flexibility index (Phi) is 4.56. The highest BCUT2D eigenvalue weighted by Gasteiger charge is 2.22. The number of piperidine rings is 1. The minimum Gasteiger partial charge on any atom is -0.491 e. The Morgan fingerprint density at radius 3 is 2.58 bits per heavy atom. The van der Waals surface area contributed by atoms with E-state index >= 15 is 0 Å². The number of nitrogens with zero attached hydrogens (tertiary/aromatic N) is 1. The molecule has 2 unspecified atom stereocenters. The van der Waals surface area contributed by atoms with Crippen LogP contribution in [-0.2, 0) is 0 Å². The standard InChI is InChI=1S/C16H26N2O/c1-4-7-19-16-9-14(5-6-15(16)17)18-10-12(2)8-13(3)11-18/h5-6,9,12-13H,4,7-8,10-11,17H2,1-3H3. The minimum absolute atomic E-state index is 0.723. The van der Waals surface area contributed by atoms with Crippen LogP contribution in [0.2, 0.25) is 0 Å². The van der Waals surface area contributed by atoms with E-state index < -0.39 is 0 Å². The third-order valence-electron chi connectivity index (χ3n) is 3.69. The molecule has 3 heteroatoms. The van der Waals surface area contributed by atoms with Crippen LogP contribution in [0.15, 0.2) is 18.2 Å². The maximum absolute atomic E-state index is 5.97. The number of benzene rings is 1. The van der Waals surface area contributed by atoms with Gasteiger partial charge in [-0.05, 0) is 36.8 Å². The Labute approximate surface area is 116 Å². The molecule has 1 saturated heterocycles. The second kappa shape index (κ2) is 6.18. The summed E-state index contributed by atoms with van der Waals surface area (Å²) in [5.74, 6) is 2.33. The van der Waals surface area contributed by atoms with Crippen LogP contribution in [-0.4, -0.2) is 19.7 Å². The zero-order valence-electron chi connectivity index (χ0n) is 12.4. The second-order valence-electron chi connectivity index (χ2n) is 5.92. The molecule has 1 heterocycles. The summed E-state index contributed by atoms with van der Waals surface area (Å²) >= 11 is 0. The van der Waals surface area contributed by atoms with Gasteiger partial charge < -0.3 is 15.4 Å². The predicted molar refractivity (Wildman–Crippen MR) is 81.8 cm³/mol. The fourth-order valence-electron chi connectivity index (χ4n) is 2.93. The largest absolute Gasteiger partial charge is 0.491 e. The van der Waals surface area contributed by atoms with Crippen LogP contribution < -0.4 is 15.4 Å². The highest BCUT2D eigenvalue weighted by molar-refractivity contribution is 5.62. The third kappa shape index (κ3) is 3.55. The van der Waals surface area contributed by atoms with Gasteiger partial charge in [0, 0.05) is 24.8 Å². The summed E-state index contributed by atoms with van der Waals surface area (Å²) in [6.07, 6.45) is 2.33. The van der Waals surface area contributed by atoms with Gasteiger partial charge in [-0.3, -0.25) is 0 Å². The molecule has 3 nitrogen and oxygen atoms in total. The fraction of sp³-hybridized carbons (Fsp3) is 0.625. The topological polar surface area (TPSA) is 38.5 Å². The van der Waals surface area contributed by atoms with Gasteiger partial charge in [-0.1, -0.05) is 20.8 Å². The van der Waals surface area contributed by atoms with E-state index in [1.54, 1.807) is 0 Å². The van der Waals surface area contributed by atoms with Crippen LogP contribution in [0.4, 0.5) is 11.4 Å². The van der Waals surface area contributed by atoms with E-state index in [0.717, 1.165) is 49.4 Å². The Balaban J connectivity index is 2.15. The van der Waals surface area contributed by atoms with Crippen LogP contribution in [0.25, 0.3) is 0 Å². The van der Waals surface area contributed by atoms with Crippen LogP contribution in [0.1, 0.15) is 33.6 Å². The molecule has 106 valence electrons. The molecule has 0 bridgehead atoms. The number of ether oxygens (including phenoxy) is 1. The summed E-state index contributed by atoms with van der Waals surface area (Å²) < 4.78 is 5.72. The number of nitrogens with two attached hydrogens (primary N) is 1. The average Bonchev–Trinajstić information content (AvgIpc) is 2.36. The molecule has 0 aliphatic carbocycles. The van der Waals surface area contributed by atoms with Gasteiger partial charge in [-0.25, -0.2) is 0 Å². The zero-order valence-corrected chi connectivity index (χ0v) is 12.4. The van der Waals surface area contributed by atoms with E-state index in [1.807, 2.05) is 6.07 Å². The lowest BCUT2D eigenvalue weighted by Gasteiger charge is -2.36. The van der Waals surface area contributed by atoms with E-state index in [4.69, 9.17) is 10.5 Å². The molecule has 1 fully saturated rings. The van der Waals surface area contributed by atoms with Crippen molar-refractivity contribution in [1.82, 2.24) is 0 Å². The molecule has 2 rings (SSSR count). The molecular formula is C16H26N2O. The summed E-state index contributed by atoms with van der Waals surface area (Å²) in [4.78, 5) is 2.46. The van der Waals surface area contributed by atoms with Crippen molar-refractivity contribution < 1.29 is 4.74 Å². The maximum atomic E-state index is 5.97. The van der Waals surface area contributed by atoms with E-state index in [1.165, 1.54) is 12.1 Å². The van der Waals surface area contributed by atoms with Gasteiger partial charge in [0.1, 0.15) is 5.75 Å². The lowest BCUT2D eigenvalue weighted by molar-refractivity contribution is 0.318. The molecule has 2 atom stereocenters. The van der Waals surface area contributed by atoms with Crippen molar-refractivity contribution in [1.29, 1.82) is 0 Å². The Bertz CT molecular complexity index is 409. The molecule has 1 aromatic rings. The van der Waals surface area contributed by atoms with E-state index in [2.05, 4.69) is 37.8 Å². The molecule has 0 amide bonds.